The summed E-state index contributed by atoms with van der Waals surface area (Å²) in [6.07, 6.45) is 6.38. The molecular weight excluding hydrogens is 320 g/mol. The lowest BCUT2D eigenvalue weighted by Gasteiger charge is -2.14. The van der Waals surface area contributed by atoms with Crippen molar-refractivity contribution >= 4 is 38.3 Å². The highest BCUT2D eigenvalue weighted by molar-refractivity contribution is 6.23. The fourth-order valence-electron chi connectivity index (χ4n) is 4.13. The molecule has 0 aliphatic carbocycles. The van der Waals surface area contributed by atoms with E-state index in [4.69, 9.17) is 0 Å². The van der Waals surface area contributed by atoms with Gasteiger partial charge in [-0.1, -0.05) is 73.9 Å². The molecule has 0 saturated heterocycles. The monoisotopic (exact) mass is 343 g/mol. The van der Waals surface area contributed by atoms with Gasteiger partial charge in [-0.15, -0.1) is 0 Å². The van der Waals surface area contributed by atoms with Crippen molar-refractivity contribution in [1.29, 1.82) is 0 Å². The molecular formula is C24H23O2. The Balaban J connectivity index is 1.52. The summed E-state index contributed by atoms with van der Waals surface area (Å²) in [7, 11) is 0. The highest BCUT2D eigenvalue weighted by Gasteiger charge is 2.10. The molecule has 0 unspecified atom stereocenters. The number of carbonyl (C=O) groups excluding carboxylic acids is 1. The summed E-state index contributed by atoms with van der Waals surface area (Å²) in [6.45, 7) is 0. The number of aryl methyl sites for hydroxylation is 1. The number of hydrogen-bond donors (Lipinski definition) is 0. The van der Waals surface area contributed by atoms with Crippen LogP contribution >= 0.6 is 0 Å². The van der Waals surface area contributed by atoms with Gasteiger partial charge in [0.05, 0.1) is 6.42 Å². The number of hydrogen-bond acceptors (Lipinski definition) is 1. The summed E-state index contributed by atoms with van der Waals surface area (Å²) in [5.74, 6) is -0.932. The molecule has 0 fully saturated rings. The maximum Gasteiger partial charge on any atom is 0.355 e. The maximum atomic E-state index is 10.4. The average Bonchev–Trinajstić information content (AvgIpc) is 2.66. The first kappa shape index (κ1) is 16.8. The van der Waals surface area contributed by atoms with E-state index in [0.717, 1.165) is 38.5 Å². The molecule has 4 aromatic rings. The van der Waals surface area contributed by atoms with Crippen molar-refractivity contribution in [2.24, 2.45) is 0 Å². The van der Waals surface area contributed by atoms with Crippen molar-refractivity contribution in [2.45, 2.75) is 44.9 Å². The van der Waals surface area contributed by atoms with Gasteiger partial charge in [0, 0.05) is 0 Å². The number of unbranched alkanes of at least 4 members (excludes halogenated alkanes) is 4. The summed E-state index contributed by atoms with van der Waals surface area (Å²) in [6, 6.07) is 20.0. The lowest BCUT2D eigenvalue weighted by Crippen LogP contribution is -1.93. The maximum absolute atomic E-state index is 10.4. The minimum atomic E-state index is -0.932. The van der Waals surface area contributed by atoms with Crippen molar-refractivity contribution in [1.82, 2.24) is 0 Å². The molecule has 4 rings (SSSR count). The van der Waals surface area contributed by atoms with E-state index in [0.29, 0.717) is 0 Å². The third-order valence-electron chi connectivity index (χ3n) is 5.45. The van der Waals surface area contributed by atoms with Crippen LogP contribution in [0.5, 0.6) is 0 Å². The molecule has 0 aromatic heterocycles. The van der Waals surface area contributed by atoms with Crippen molar-refractivity contribution in [3.05, 3.63) is 60.2 Å². The van der Waals surface area contributed by atoms with E-state index in [1.165, 1.54) is 37.9 Å². The van der Waals surface area contributed by atoms with Crippen LogP contribution in [0.2, 0.25) is 0 Å². The first-order valence-electron chi connectivity index (χ1n) is 9.59. The third kappa shape index (κ3) is 3.24. The van der Waals surface area contributed by atoms with Crippen LogP contribution in [-0.4, -0.2) is 5.97 Å². The van der Waals surface area contributed by atoms with Crippen LogP contribution in [0.3, 0.4) is 0 Å². The second-order valence-corrected chi connectivity index (χ2v) is 7.22. The average molecular weight is 343 g/mol. The second-order valence-electron chi connectivity index (χ2n) is 7.22. The minimum absolute atomic E-state index is 0.190. The van der Waals surface area contributed by atoms with Gasteiger partial charge in [-0.2, -0.15) is 0 Å². The smallest absolute Gasteiger partial charge is 0.247 e. The number of carbonyl (C=O) groups is 1. The second kappa shape index (κ2) is 7.33. The highest BCUT2D eigenvalue weighted by Crippen LogP contribution is 2.36. The first-order chi connectivity index (χ1) is 12.7. The van der Waals surface area contributed by atoms with E-state index >= 15 is 0 Å². The lowest BCUT2D eigenvalue weighted by atomic mass is 9.90. The van der Waals surface area contributed by atoms with E-state index in [1.54, 1.807) is 0 Å². The highest BCUT2D eigenvalue weighted by atomic mass is 16.4. The molecule has 131 valence electrons. The van der Waals surface area contributed by atoms with Gasteiger partial charge in [0.2, 0.25) is 0 Å². The predicted octanol–water partition coefficient (Wildman–Crippen LogP) is 6.42. The fraction of sp³-hybridized carbons (Fsp3) is 0.292. The van der Waals surface area contributed by atoms with Gasteiger partial charge in [0.1, 0.15) is 0 Å². The molecule has 0 N–H and O–H groups in total. The molecule has 0 aliphatic heterocycles. The van der Waals surface area contributed by atoms with E-state index in [9.17, 15) is 9.90 Å². The van der Waals surface area contributed by atoms with Crippen molar-refractivity contribution in [3.8, 4) is 0 Å². The summed E-state index contributed by atoms with van der Waals surface area (Å²) in [4.78, 5) is 10.4. The molecule has 2 nitrogen and oxygen atoms in total. The Morgan fingerprint density at radius 1 is 0.654 bits per heavy atom. The Morgan fingerprint density at radius 3 is 2.04 bits per heavy atom. The Labute approximate surface area is 153 Å². The van der Waals surface area contributed by atoms with Gasteiger partial charge in [-0.25, -0.2) is 9.90 Å². The van der Waals surface area contributed by atoms with Crippen molar-refractivity contribution in [3.63, 3.8) is 0 Å². The first-order valence-corrected chi connectivity index (χ1v) is 9.59. The number of benzene rings is 4. The Bertz CT molecular complexity index is 1030. The largest absolute Gasteiger partial charge is 0.355 e. The summed E-state index contributed by atoms with van der Waals surface area (Å²) in [5, 5.41) is 18.5. The molecule has 1 radical (unpaired) electrons. The normalized spacial score (nSPS) is 11.7. The van der Waals surface area contributed by atoms with Crippen LogP contribution in [0.15, 0.2) is 54.6 Å². The van der Waals surface area contributed by atoms with Crippen molar-refractivity contribution < 1.29 is 9.90 Å². The lowest BCUT2D eigenvalue weighted by molar-refractivity contribution is -0.143. The molecule has 2 heteroatoms. The SMILES string of the molecule is [O]C(=O)CCCCCCCc1ccc2ccc3cccc4ccc1c2c34. The fourth-order valence-corrected chi connectivity index (χ4v) is 4.13. The van der Waals surface area contributed by atoms with Crippen LogP contribution < -0.4 is 0 Å². The molecule has 0 aliphatic rings. The van der Waals surface area contributed by atoms with Gasteiger partial charge in [-0.3, -0.25) is 0 Å². The van der Waals surface area contributed by atoms with Crippen LogP contribution in [-0.2, 0) is 16.3 Å². The molecule has 0 spiro atoms. The quantitative estimate of drug-likeness (QED) is 0.268. The van der Waals surface area contributed by atoms with Gasteiger partial charge < -0.3 is 0 Å². The van der Waals surface area contributed by atoms with Crippen molar-refractivity contribution in [2.75, 3.05) is 0 Å². The Kier molecular flexibility index (Phi) is 4.75. The molecule has 0 heterocycles. The van der Waals surface area contributed by atoms with Crippen LogP contribution in [0.1, 0.15) is 44.1 Å². The molecule has 0 bridgehead atoms. The van der Waals surface area contributed by atoms with Crippen LogP contribution in [0, 0.1) is 0 Å². The minimum Gasteiger partial charge on any atom is -0.247 e. The van der Waals surface area contributed by atoms with Crippen LogP contribution in [0.4, 0.5) is 0 Å². The summed E-state index contributed by atoms with van der Waals surface area (Å²) in [5.41, 5.74) is 1.42. The molecule has 4 aromatic carbocycles. The predicted molar refractivity (Wildman–Crippen MR) is 107 cm³/mol. The summed E-state index contributed by atoms with van der Waals surface area (Å²) < 4.78 is 0. The third-order valence-corrected chi connectivity index (χ3v) is 5.45. The Hall–Kier alpha value is -2.61. The molecule has 0 saturated carbocycles. The number of rotatable bonds is 8. The van der Waals surface area contributed by atoms with E-state index < -0.39 is 5.97 Å². The zero-order valence-corrected chi connectivity index (χ0v) is 15.0. The van der Waals surface area contributed by atoms with E-state index in [1.807, 2.05) is 0 Å². The molecule has 0 amide bonds. The molecule has 0 atom stereocenters. The zero-order valence-electron chi connectivity index (χ0n) is 15.0. The summed E-state index contributed by atoms with van der Waals surface area (Å²) >= 11 is 0. The Morgan fingerprint density at radius 2 is 1.27 bits per heavy atom. The van der Waals surface area contributed by atoms with E-state index in [-0.39, 0.29) is 6.42 Å². The molecule has 26 heavy (non-hydrogen) atoms. The van der Waals surface area contributed by atoms with Crippen LogP contribution in [0.25, 0.3) is 32.3 Å². The van der Waals surface area contributed by atoms with Gasteiger partial charge >= 0.3 is 5.97 Å². The van der Waals surface area contributed by atoms with Gasteiger partial charge in [-0.05, 0) is 57.1 Å². The topological polar surface area (TPSA) is 37.0 Å². The zero-order chi connectivity index (χ0) is 17.9. The van der Waals surface area contributed by atoms with Gasteiger partial charge in [0.25, 0.3) is 0 Å². The van der Waals surface area contributed by atoms with Gasteiger partial charge in [0.15, 0.2) is 0 Å². The van der Waals surface area contributed by atoms with E-state index in [2.05, 4.69) is 54.6 Å². The standard InChI is InChI=1S/C24H23O2/c25-22(26)10-5-3-1-2-4-7-17-11-12-20-14-13-18-8-6-9-19-15-16-21(17)24(20)23(18)19/h6,8-9,11-16H,1-5,7,10H2.